The van der Waals surface area contributed by atoms with Crippen LogP contribution >= 0.6 is 0 Å². The summed E-state index contributed by atoms with van der Waals surface area (Å²) >= 11 is 0. The molecule has 0 fully saturated rings. The Morgan fingerprint density at radius 1 is 0.355 bits per heavy atom. The smallest absolute Gasteiger partial charge is 0.306 e. The molecule has 354 valence electrons. The number of ether oxygens (including phenoxy) is 3. The molecule has 0 rings (SSSR count). The maximum Gasteiger partial charge on any atom is 0.306 e. The first kappa shape index (κ1) is 58.6. The molecule has 0 spiro atoms. The molecule has 0 amide bonds. The standard InChI is InChI=1S/C56H94O6/c1-4-7-10-13-16-19-21-23-25-27-28-29-31-32-34-37-40-43-46-49-55(58)61-52-53(51-60-54(57)48-45-42-39-36-18-15-12-9-6-3)62-56(59)50-47-44-41-38-35-33-30-26-24-22-20-17-14-11-8-5-2/h7,10,16,19,23,25-26,28-30,33,35-36,39,53H,4-6,8-9,11-15,17-18,20-22,24,27,31-32,34,37-38,40-52H2,1-3H3/b10-7-,19-16-,25-23-,29-28-,30-26-,35-33-,39-36-. The summed E-state index contributed by atoms with van der Waals surface area (Å²) in [5.74, 6) is -0.983. The normalized spacial score (nSPS) is 12.8. The third-order valence-corrected chi connectivity index (χ3v) is 10.6. The Balaban J connectivity index is 4.41. The van der Waals surface area contributed by atoms with Gasteiger partial charge in [-0.25, -0.2) is 0 Å². The molecule has 0 saturated carbocycles. The molecule has 0 bridgehead atoms. The molecular weight excluding hydrogens is 769 g/mol. The molecule has 0 saturated heterocycles. The van der Waals surface area contributed by atoms with Gasteiger partial charge < -0.3 is 14.2 Å². The maximum absolute atomic E-state index is 12.8. The molecule has 0 heterocycles. The van der Waals surface area contributed by atoms with Crippen LogP contribution in [0.5, 0.6) is 0 Å². The van der Waals surface area contributed by atoms with Crippen LogP contribution in [0.3, 0.4) is 0 Å². The van der Waals surface area contributed by atoms with E-state index >= 15 is 0 Å². The van der Waals surface area contributed by atoms with Crippen LogP contribution in [-0.4, -0.2) is 37.2 Å². The van der Waals surface area contributed by atoms with Gasteiger partial charge in [0.05, 0.1) is 0 Å². The molecule has 0 aliphatic carbocycles. The van der Waals surface area contributed by atoms with Gasteiger partial charge in [-0.3, -0.25) is 14.4 Å². The van der Waals surface area contributed by atoms with Crippen LogP contribution < -0.4 is 0 Å². The van der Waals surface area contributed by atoms with Crippen molar-refractivity contribution in [3.8, 4) is 0 Å². The van der Waals surface area contributed by atoms with E-state index in [4.69, 9.17) is 14.2 Å². The molecule has 0 aliphatic heterocycles. The lowest BCUT2D eigenvalue weighted by atomic mass is 10.1. The average Bonchev–Trinajstić information content (AvgIpc) is 3.27. The largest absolute Gasteiger partial charge is 0.462 e. The summed E-state index contributed by atoms with van der Waals surface area (Å²) in [6.45, 7) is 6.42. The van der Waals surface area contributed by atoms with Crippen LogP contribution in [0.1, 0.15) is 233 Å². The zero-order valence-electron chi connectivity index (χ0n) is 40.4. The molecule has 6 nitrogen and oxygen atoms in total. The molecule has 0 aromatic carbocycles. The number of allylic oxidation sites excluding steroid dienone is 14. The average molecular weight is 863 g/mol. The molecule has 0 aliphatic rings. The van der Waals surface area contributed by atoms with Gasteiger partial charge in [-0.2, -0.15) is 0 Å². The molecule has 0 radical (unpaired) electrons. The lowest BCUT2D eigenvalue weighted by Gasteiger charge is -2.18. The van der Waals surface area contributed by atoms with Gasteiger partial charge in [-0.1, -0.05) is 196 Å². The monoisotopic (exact) mass is 863 g/mol. The minimum Gasteiger partial charge on any atom is -0.462 e. The van der Waals surface area contributed by atoms with Crippen molar-refractivity contribution in [3.05, 3.63) is 85.1 Å². The highest BCUT2D eigenvalue weighted by Gasteiger charge is 2.19. The zero-order chi connectivity index (χ0) is 45.1. The Bertz CT molecular complexity index is 1220. The van der Waals surface area contributed by atoms with Crippen molar-refractivity contribution in [2.45, 2.75) is 239 Å². The third-order valence-electron chi connectivity index (χ3n) is 10.6. The van der Waals surface area contributed by atoms with E-state index in [0.29, 0.717) is 19.3 Å². The summed E-state index contributed by atoms with van der Waals surface area (Å²) in [4.78, 5) is 37.9. The lowest BCUT2D eigenvalue weighted by Crippen LogP contribution is -2.30. The lowest BCUT2D eigenvalue weighted by molar-refractivity contribution is -0.167. The summed E-state index contributed by atoms with van der Waals surface area (Å²) in [6.07, 6.45) is 64.4. The Hall–Kier alpha value is -3.41. The third kappa shape index (κ3) is 47.6. The molecular formula is C56H94O6. The van der Waals surface area contributed by atoms with Gasteiger partial charge in [0, 0.05) is 19.3 Å². The SMILES string of the molecule is CC/C=C\C/C=C\C/C=C\C/C=C\CCCCCCCCC(=O)OCC(COC(=O)CCC/C=C\CCCCCC)OC(=O)CCCCC/C=C\C=C/CCCCCCCCC. The van der Waals surface area contributed by atoms with Crippen molar-refractivity contribution in [2.24, 2.45) is 0 Å². The number of rotatable bonds is 45. The molecule has 6 heteroatoms. The van der Waals surface area contributed by atoms with Crippen LogP contribution in [0.25, 0.3) is 0 Å². The maximum atomic E-state index is 12.8. The highest BCUT2D eigenvalue weighted by atomic mass is 16.6. The summed E-state index contributed by atoms with van der Waals surface area (Å²) in [5, 5.41) is 0. The number of unbranched alkanes of at least 4 members (excludes halogenated alkanes) is 21. The fraction of sp³-hybridized carbons (Fsp3) is 0.696. The number of hydrogen-bond donors (Lipinski definition) is 0. The second-order valence-corrected chi connectivity index (χ2v) is 16.7. The van der Waals surface area contributed by atoms with Crippen LogP contribution in [-0.2, 0) is 28.6 Å². The van der Waals surface area contributed by atoms with Crippen molar-refractivity contribution in [1.82, 2.24) is 0 Å². The van der Waals surface area contributed by atoms with E-state index in [2.05, 4.69) is 106 Å². The van der Waals surface area contributed by atoms with Crippen molar-refractivity contribution in [3.63, 3.8) is 0 Å². The zero-order valence-corrected chi connectivity index (χ0v) is 40.4. The first-order valence-electron chi connectivity index (χ1n) is 25.6. The van der Waals surface area contributed by atoms with E-state index in [-0.39, 0.29) is 37.5 Å². The molecule has 1 atom stereocenters. The van der Waals surface area contributed by atoms with Gasteiger partial charge in [0.25, 0.3) is 0 Å². The first-order chi connectivity index (χ1) is 30.5. The van der Waals surface area contributed by atoms with E-state index in [1.165, 1.54) is 83.5 Å². The van der Waals surface area contributed by atoms with Gasteiger partial charge in [-0.05, 0) is 103 Å². The second kappa shape index (κ2) is 50.2. The highest BCUT2D eigenvalue weighted by molar-refractivity contribution is 5.71. The molecule has 62 heavy (non-hydrogen) atoms. The van der Waals surface area contributed by atoms with Crippen molar-refractivity contribution in [1.29, 1.82) is 0 Å². The first-order valence-corrected chi connectivity index (χ1v) is 25.6. The number of esters is 3. The van der Waals surface area contributed by atoms with Gasteiger partial charge in [0.15, 0.2) is 6.10 Å². The van der Waals surface area contributed by atoms with Crippen molar-refractivity contribution < 1.29 is 28.6 Å². The van der Waals surface area contributed by atoms with Crippen LogP contribution in [0.15, 0.2) is 85.1 Å². The van der Waals surface area contributed by atoms with Gasteiger partial charge >= 0.3 is 17.9 Å². The Morgan fingerprint density at radius 2 is 0.694 bits per heavy atom. The van der Waals surface area contributed by atoms with Crippen LogP contribution in [0.2, 0.25) is 0 Å². The summed E-state index contributed by atoms with van der Waals surface area (Å²) in [5.41, 5.74) is 0. The van der Waals surface area contributed by atoms with E-state index in [9.17, 15) is 14.4 Å². The van der Waals surface area contributed by atoms with Crippen molar-refractivity contribution >= 4 is 17.9 Å². The molecule has 0 N–H and O–H groups in total. The number of carbonyl (C=O) groups is 3. The highest BCUT2D eigenvalue weighted by Crippen LogP contribution is 2.13. The van der Waals surface area contributed by atoms with Crippen LogP contribution in [0.4, 0.5) is 0 Å². The van der Waals surface area contributed by atoms with Gasteiger partial charge in [-0.15, -0.1) is 0 Å². The predicted octanol–water partition coefficient (Wildman–Crippen LogP) is 16.8. The number of hydrogen-bond acceptors (Lipinski definition) is 6. The Morgan fingerprint density at radius 3 is 1.19 bits per heavy atom. The predicted molar refractivity (Wildman–Crippen MR) is 265 cm³/mol. The minimum absolute atomic E-state index is 0.104. The quantitative estimate of drug-likeness (QED) is 0.0199. The van der Waals surface area contributed by atoms with Gasteiger partial charge in [0.2, 0.25) is 0 Å². The van der Waals surface area contributed by atoms with Crippen LogP contribution in [0, 0.1) is 0 Å². The summed E-state index contributed by atoms with van der Waals surface area (Å²) in [6, 6.07) is 0. The van der Waals surface area contributed by atoms with E-state index in [0.717, 1.165) is 103 Å². The Kier molecular flexibility index (Phi) is 47.5. The summed E-state index contributed by atoms with van der Waals surface area (Å²) < 4.78 is 16.7. The molecule has 0 aromatic heterocycles. The fourth-order valence-electron chi connectivity index (χ4n) is 6.78. The molecule has 0 aromatic rings. The van der Waals surface area contributed by atoms with Gasteiger partial charge in [0.1, 0.15) is 13.2 Å². The Labute approximate surface area is 382 Å². The van der Waals surface area contributed by atoms with Crippen molar-refractivity contribution in [2.75, 3.05) is 13.2 Å². The topological polar surface area (TPSA) is 78.9 Å². The minimum atomic E-state index is -0.806. The second-order valence-electron chi connectivity index (χ2n) is 16.7. The molecule has 1 unspecified atom stereocenters. The van der Waals surface area contributed by atoms with E-state index < -0.39 is 6.10 Å². The number of carbonyl (C=O) groups excluding carboxylic acids is 3. The van der Waals surface area contributed by atoms with E-state index in [1.807, 2.05) is 0 Å². The fourth-order valence-corrected chi connectivity index (χ4v) is 6.78. The van der Waals surface area contributed by atoms with E-state index in [1.54, 1.807) is 0 Å². The summed E-state index contributed by atoms with van der Waals surface area (Å²) in [7, 11) is 0.